The second-order valence-corrected chi connectivity index (χ2v) is 5.42. The summed E-state index contributed by atoms with van der Waals surface area (Å²) in [6.07, 6.45) is 0.906. The molecule has 1 saturated heterocycles. The van der Waals surface area contributed by atoms with Crippen LogP contribution in [0.4, 0.5) is 0 Å². The molecule has 0 aromatic rings. The summed E-state index contributed by atoms with van der Waals surface area (Å²) in [6.45, 7) is 10.9. The molecular weight excluding hydrogens is 256 g/mol. The van der Waals surface area contributed by atoms with Crippen LogP contribution in [-0.4, -0.2) is 55.0 Å². The first-order valence-corrected chi connectivity index (χ1v) is 7.06. The van der Waals surface area contributed by atoms with Gasteiger partial charge in [0.25, 0.3) is 0 Å². The summed E-state index contributed by atoms with van der Waals surface area (Å²) in [5, 5.41) is 8.79. The third kappa shape index (κ3) is 4.52. The van der Waals surface area contributed by atoms with Crippen LogP contribution in [0.3, 0.4) is 0 Å². The highest BCUT2D eigenvalue weighted by Crippen LogP contribution is 2.01. The number of amides is 2. The number of rotatable bonds is 0. The van der Waals surface area contributed by atoms with Gasteiger partial charge in [0.1, 0.15) is 6.04 Å². The molecule has 0 bridgehead atoms. The van der Waals surface area contributed by atoms with Crippen molar-refractivity contribution in [1.82, 2.24) is 20.9 Å². The largest absolute Gasteiger partial charge is 0.387 e. The third-order valence-electron chi connectivity index (χ3n) is 3.71. The lowest BCUT2D eigenvalue weighted by Gasteiger charge is -2.25. The molecule has 114 valence electrons. The van der Waals surface area contributed by atoms with E-state index in [9.17, 15) is 9.59 Å². The van der Waals surface area contributed by atoms with Crippen LogP contribution >= 0.6 is 0 Å². The fourth-order valence-electron chi connectivity index (χ4n) is 1.95. The van der Waals surface area contributed by atoms with Gasteiger partial charge in [-0.25, -0.2) is 0 Å². The normalized spacial score (nSPS) is 31.2. The van der Waals surface area contributed by atoms with Gasteiger partial charge in [-0.05, 0) is 34.2 Å². The van der Waals surface area contributed by atoms with E-state index in [1.54, 1.807) is 6.92 Å². The third-order valence-corrected chi connectivity index (χ3v) is 3.71. The first kappa shape index (κ1) is 16.5. The molecule has 2 amide bonds. The zero-order chi connectivity index (χ0) is 15.3. The van der Waals surface area contributed by atoms with Gasteiger partial charge < -0.3 is 16.0 Å². The molecule has 0 spiro atoms. The van der Waals surface area contributed by atoms with E-state index in [-0.39, 0.29) is 23.9 Å². The summed E-state index contributed by atoms with van der Waals surface area (Å²) in [5.74, 6) is -0.336. The summed E-state index contributed by atoms with van der Waals surface area (Å²) >= 11 is 0. The van der Waals surface area contributed by atoms with Gasteiger partial charge in [0.2, 0.25) is 11.8 Å². The van der Waals surface area contributed by atoms with Crippen molar-refractivity contribution in [2.24, 2.45) is 0 Å². The second kappa shape index (κ2) is 7.28. The number of nitrogens with zero attached hydrogens (tertiary/aromatic N) is 1. The van der Waals surface area contributed by atoms with Crippen LogP contribution in [0.1, 0.15) is 27.2 Å². The number of hydrogen-bond acceptors (Lipinski definition) is 4. The van der Waals surface area contributed by atoms with Crippen molar-refractivity contribution in [3.8, 4) is 0 Å². The number of hydrogen-bond donors (Lipinski definition) is 3. The van der Waals surface area contributed by atoms with Crippen LogP contribution in [-0.2, 0) is 9.59 Å². The highest BCUT2D eigenvalue weighted by molar-refractivity contribution is 5.89. The molecule has 0 aliphatic carbocycles. The van der Waals surface area contributed by atoms with Crippen molar-refractivity contribution >= 4 is 11.8 Å². The smallest absolute Gasteiger partial charge is 0.242 e. The molecule has 1 aliphatic heterocycles. The minimum atomic E-state index is -0.561. The Kier molecular flexibility index (Phi) is 6.01. The average molecular weight is 282 g/mol. The van der Waals surface area contributed by atoms with Crippen molar-refractivity contribution < 1.29 is 9.59 Å². The van der Waals surface area contributed by atoms with Gasteiger partial charge in [0.15, 0.2) is 0 Å². The van der Waals surface area contributed by atoms with Gasteiger partial charge in [-0.3, -0.25) is 14.5 Å². The van der Waals surface area contributed by atoms with E-state index in [0.717, 1.165) is 25.2 Å². The van der Waals surface area contributed by atoms with E-state index in [0.29, 0.717) is 0 Å². The van der Waals surface area contributed by atoms with E-state index < -0.39 is 6.04 Å². The molecule has 1 fully saturated rings. The molecule has 1 aliphatic rings. The molecule has 0 unspecified atom stereocenters. The van der Waals surface area contributed by atoms with Crippen molar-refractivity contribution in [2.45, 2.75) is 45.3 Å². The van der Waals surface area contributed by atoms with Gasteiger partial charge in [0.05, 0.1) is 12.1 Å². The van der Waals surface area contributed by atoms with Crippen molar-refractivity contribution in [3.63, 3.8) is 0 Å². The van der Waals surface area contributed by atoms with Crippen molar-refractivity contribution in [3.05, 3.63) is 12.3 Å². The standard InChI is InChI=1S/C14H26N4O2/c1-9-10(2)16-13(19)11(3)17-14(20)12(4)18(5)8-6-7-15-9/h10-12,15H,1,6-8H2,2-5H3,(H,16,19)(H,17,20)/t10-,11-,12-/m0/s1. The molecule has 3 N–H and O–H groups in total. The zero-order valence-electron chi connectivity index (χ0n) is 12.8. The summed E-state index contributed by atoms with van der Waals surface area (Å²) in [4.78, 5) is 26.0. The van der Waals surface area contributed by atoms with Gasteiger partial charge >= 0.3 is 0 Å². The lowest BCUT2D eigenvalue weighted by Crippen LogP contribution is -2.52. The van der Waals surface area contributed by atoms with Crippen LogP contribution in [0.5, 0.6) is 0 Å². The Morgan fingerprint density at radius 3 is 2.35 bits per heavy atom. The molecule has 0 radical (unpaired) electrons. The molecule has 0 aromatic heterocycles. The van der Waals surface area contributed by atoms with Gasteiger partial charge in [-0.2, -0.15) is 0 Å². The van der Waals surface area contributed by atoms with Crippen LogP contribution in [0, 0.1) is 0 Å². The number of nitrogens with one attached hydrogen (secondary N) is 3. The monoisotopic (exact) mass is 282 g/mol. The summed E-state index contributed by atoms with van der Waals surface area (Å²) in [5.41, 5.74) is 0.784. The predicted octanol–water partition coefficient (Wildman–Crippen LogP) is -0.177. The topological polar surface area (TPSA) is 73.5 Å². The minimum Gasteiger partial charge on any atom is -0.387 e. The Bertz CT molecular complexity index is 383. The number of likely N-dealkylation sites (N-methyl/N-ethyl adjacent to an activating group) is 1. The maximum absolute atomic E-state index is 12.1. The highest BCUT2D eigenvalue weighted by atomic mass is 16.2. The Hall–Kier alpha value is -1.56. The maximum Gasteiger partial charge on any atom is 0.242 e. The fourth-order valence-corrected chi connectivity index (χ4v) is 1.95. The second-order valence-electron chi connectivity index (χ2n) is 5.42. The van der Waals surface area contributed by atoms with Crippen LogP contribution in [0.2, 0.25) is 0 Å². The van der Waals surface area contributed by atoms with Crippen LogP contribution < -0.4 is 16.0 Å². The Labute approximate surface area is 121 Å². The molecule has 0 saturated carbocycles. The molecule has 1 rings (SSSR count). The van der Waals surface area contributed by atoms with E-state index >= 15 is 0 Å². The van der Waals surface area contributed by atoms with Crippen LogP contribution in [0.25, 0.3) is 0 Å². The lowest BCUT2D eigenvalue weighted by atomic mass is 10.2. The first-order chi connectivity index (χ1) is 9.32. The van der Waals surface area contributed by atoms with E-state index in [1.807, 2.05) is 25.8 Å². The Balaban J connectivity index is 2.79. The Morgan fingerprint density at radius 1 is 1.10 bits per heavy atom. The van der Waals surface area contributed by atoms with Crippen molar-refractivity contribution in [1.29, 1.82) is 0 Å². The molecule has 6 heteroatoms. The molecule has 20 heavy (non-hydrogen) atoms. The minimum absolute atomic E-state index is 0.131. The summed E-state index contributed by atoms with van der Waals surface area (Å²) < 4.78 is 0. The van der Waals surface area contributed by atoms with E-state index in [2.05, 4.69) is 22.5 Å². The number of carbonyl (C=O) groups excluding carboxylic acids is 2. The Morgan fingerprint density at radius 2 is 1.70 bits per heavy atom. The number of carbonyl (C=O) groups is 2. The molecular formula is C14H26N4O2. The van der Waals surface area contributed by atoms with E-state index in [1.165, 1.54) is 0 Å². The lowest BCUT2D eigenvalue weighted by molar-refractivity contribution is -0.131. The zero-order valence-corrected chi connectivity index (χ0v) is 12.8. The quantitative estimate of drug-likeness (QED) is 0.576. The predicted molar refractivity (Wildman–Crippen MR) is 79.1 cm³/mol. The molecule has 3 atom stereocenters. The average Bonchev–Trinajstić information content (AvgIpc) is 2.40. The molecule has 6 nitrogen and oxygen atoms in total. The van der Waals surface area contributed by atoms with Crippen LogP contribution in [0.15, 0.2) is 12.3 Å². The highest BCUT2D eigenvalue weighted by Gasteiger charge is 2.23. The fraction of sp³-hybridized carbons (Fsp3) is 0.714. The summed E-state index contributed by atoms with van der Waals surface area (Å²) in [6, 6.07) is -0.987. The van der Waals surface area contributed by atoms with E-state index in [4.69, 9.17) is 0 Å². The van der Waals surface area contributed by atoms with Gasteiger partial charge in [0, 0.05) is 18.8 Å². The summed E-state index contributed by atoms with van der Waals surface area (Å²) in [7, 11) is 1.91. The first-order valence-electron chi connectivity index (χ1n) is 7.06. The van der Waals surface area contributed by atoms with Gasteiger partial charge in [-0.15, -0.1) is 0 Å². The molecule has 0 aromatic carbocycles. The van der Waals surface area contributed by atoms with Gasteiger partial charge in [-0.1, -0.05) is 6.58 Å². The maximum atomic E-state index is 12.1. The van der Waals surface area contributed by atoms with Crippen molar-refractivity contribution in [2.75, 3.05) is 20.1 Å². The molecule has 1 heterocycles. The SMILES string of the molecule is C=C1NCCCN(C)[C@@H](C)C(=O)N[C@@H](C)C(=O)N[C@H]1C.